The molecular weight excluding hydrogens is 186 g/mol. The summed E-state index contributed by atoms with van der Waals surface area (Å²) in [5.74, 6) is 0. The summed E-state index contributed by atoms with van der Waals surface area (Å²) < 4.78 is 6.10. The van der Waals surface area contributed by atoms with Gasteiger partial charge in [0.15, 0.2) is 0 Å². The molecule has 1 aliphatic carbocycles. The van der Waals surface area contributed by atoms with E-state index in [1.54, 1.807) is 0 Å². The van der Waals surface area contributed by atoms with E-state index in [1.807, 2.05) is 0 Å². The van der Waals surface area contributed by atoms with Gasteiger partial charge in [-0.25, -0.2) is 0 Å². The molecule has 1 rings (SSSR count). The predicted octanol–water partition coefficient (Wildman–Crippen LogP) is 3.12. The van der Waals surface area contributed by atoms with Crippen molar-refractivity contribution in [2.24, 2.45) is 0 Å². The minimum Gasteiger partial charge on any atom is -0.374 e. The minimum absolute atomic E-state index is 0.170. The molecule has 0 atom stereocenters. The predicted molar refractivity (Wildman–Crippen MR) is 65.2 cm³/mol. The van der Waals surface area contributed by atoms with Gasteiger partial charge in [-0.15, -0.1) is 0 Å². The van der Waals surface area contributed by atoms with Gasteiger partial charge in [0.1, 0.15) is 0 Å². The van der Waals surface area contributed by atoms with E-state index in [-0.39, 0.29) is 5.60 Å². The molecule has 0 aromatic rings. The van der Waals surface area contributed by atoms with Crippen molar-refractivity contribution >= 4 is 0 Å². The third-order valence-electron chi connectivity index (χ3n) is 3.25. The van der Waals surface area contributed by atoms with E-state index in [0.717, 1.165) is 26.1 Å². The molecule has 1 N–H and O–H groups in total. The quantitative estimate of drug-likeness (QED) is 0.656. The fourth-order valence-corrected chi connectivity index (χ4v) is 2.38. The van der Waals surface area contributed by atoms with Crippen molar-refractivity contribution in [1.29, 1.82) is 0 Å². The molecule has 0 spiro atoms. The molecule has 0 heterocycles. The molecule has 0 amide bonds. The number of hydrogen-bond donors (Lipinski definition) is 1. The summed E-state index contributed by atoms with van der Waals surface area (Å²) >= 11 is 0. The molecule has 0 saturated heterocycles. The molecule has 1 aliphatic rings. The Bertz CT molecular complexity index is 153. The highest BCUT2D eigenvalue weighted by atomic mass is 16.5. The monoisotopic (exact) mass is 213 g/mol. The Morgan fingerprint density at radius 2 is 1.80 bits per heavy atom. The van der Waals surface area contributed by atoms with Crippen molar-refractivity contribution in [2.45, 2.75) is 64.4 Å². The van der Waals surface area contributed by atoms with Crippen LogP contribution < -0.4 is 5.32 Å². The summed E-state index contributed by atoms with van der Waals surface area (Å²) in [6.07, 6.45) is 8.94. The summed E-state index contributed by atoms with van der Waals surface area (Å²) in [4.78, 5) is 0. The lowest BCUT2D eigenvalue weighted by Gasteiger charge is -2.37. The number of hydrogen-bond acceptors (Lipinski definition) is 2. The standard InChI is InChI=1S/C13H27NO/c1-3-10-14-12-13(15-11-4-2)8-6-5-7-9-13/h14H,3-12H2,1-2H3. The highest BCUT2D eigenvalue weighted by Crippen LogP contribution is 2.31. The molecule has 1 saturated carbocycles. The van der Waals surface area contributed by atoms with Gasteiger partial charge in [0, 0.05) is 13.2 Å². The van der Waals surface area contributed by atoms with Crippen LogP contribution in [-0.4, -0.2) is 25.3 Å². The van der Waals surface area contributed by atoms with Crippen LogP contribution in [0.15, 0.2) is 0 Å². The highest BCUT2D eigenvalue weighted by Gasteiger charge is 2.32. The summed E-state index contributed by atoms with van der Waals surface area (Å²) in [7, 11) is 0. The van der Waals surface area contributed by atoms with E-state index in [2.05, 4.69) is 19.2 Å². The van der Waals surface area contributed by atoms with E-state index in [1.165, 1.54) is 38.5 Å². The maximum atomic E-state index is 6.10. The van der Waals surface area contributed by atoms with Gasteiger partial charge in [0.05, 0.1) is 5.60 Å². The van der Waals surface area contributed by atoms with Gasteiger partial charge in [0.25, 0.3) is 0 Å². The first-order valence-electron chi connectivity index (χ1n) is 6.67. The van der Waals surface area contributed by atoms with Crippen LogP contribution >= 0.6 is 0 Å². The van der Waals surface area contributed by atoms with Crippen LogP contribution in [0.25, 0.3) is 0 Å². The van der Waals surface area contributed by atoms with Crippen molar-refractivity contribution in [3.05, 3.63) is 0 Å². The van der Waals surface area contributed by atoms with Crippen molar-refractivity contribution < 1.29 is 4.74 Å². The van der Waals surface area contributed by atoms with Crippen molar-refractivity contribution in [3.63, 3.8) is 0 Å². The number of rotatable bonds is 7. The molecule has 2 nitrogen and oxygen atoms in total. The van der Waals surface area contributed by atoms with Gasteiger partial charge in [-0.1, -0.05) is 33.1 Å². The van der Waals surface area contributed by atoms with Crippen LogP contribution in [0.4, 0.5) is 0 Å². The van der Waals surface area contributed by atoms with Crippen molar-refractivity contribution in [3.8, 4) is 0 Å². The summed E-state index contributed by atoms with van der Waals surface area (Å²) in [6.45, 7) is 7.51. The first-order valence-corrected chi connectivity index (χ1v) is 6.67. The molecule has 15 heavy (non-hydrogen) atoms. The minimum atomic E-state index is 0.170. The lowest BCUT2D eigenvalue weighted by molar-refractivity contribution is -0.0680. The Kier molecular flexibility index (Phi) is 6.26. The van der Waals surface area contributed by atoms with E-state index < -0.39 is 0 Å². The van der Waals surface area contributed by atoms with Gasteiger partial charge in [-0.2, -0.15) is 0 Å². The second-order valence-electron chi connectivity index (χ2n) is 4.77. The zero-order valence-electron chi connectivity index (χ0n) is 10.5. The fraction of sp³-hybridized carbons (Fsp3) is 1.00. The molecule has 0 aliphatic heterocycles. The number of nitrogens with one attached hydrogen (secondary N) is 1. The van der Waals surface area contributed by atoms with Gasteiger partial charge in [-0.3, -0.25) is 0 Å². The maximum absolute atomic E-state index is 6.10. The molecule has 0 bridgehead atoms. The molecule has 0 unspecified atom stereocenters. The molecule has 90 valence electrons. The largest absolute Gasteiger partial charge is 0.374 e. The maximum Gasteiger partial charge on any atom is 0.0806 e. The second-order valence-corrected chi connectivity index (χ2v) is 4.77. The van der Waals surface area contributed by atoms with E-state index in [4.69, 9.17) is 4.74 Å². The highest BCUT2D eigenvalue weighted by molar-refractivity contribution is 4.86. The molecule has 2 heteroatoms. The second kappa shape index (κ2) is 7.24. The average molecular weight is 213 g/mol. The first-order chi connectivity index (χ1) is 7.33. The fourth-order valence-electron chi connectivity index (χ4n) is 2.38. The smallest absolute Gasteiger partial charge is 0.0806 e. The van der Waals surface area contributed by atoms with E-state index in [9.17, 15) is 0 Å². The SMILES string of the molecule is CCCNCC1(OCCC)CCCCC1. The Morgan fingerprint density at radius 3 is 2.40 bits per heavy atom. The summed E-state index contributed by atoms with van der Waals surface area (Å²) in [6, 6.07) is 0. The van der Waals surface area contributed by atoms with Gasteiger partial charge in [0.2, 0.25) is 0 Å². The van der Waals surface area contributed by atoms with Gasteiger partial charge in [-0.05, 0) is 32.2 Å². The Hall–Kier alpha value is -0.0800. The van der Waals surface area contributed by atoms with Gasteiger partial charge >= 0.3 is 0 Å². The lowest BCUT2D eigenvalue weighted by atomic mass is 9.84. The topological polar surface area (TPSA) is 21.3 Å². The normalized spacial score (nSPS) is 20.4. The van der Waals surface area contributed by atoms with Gasteiger partial charge < -0.3 is 10.1 Å². The average Bonchev–Trinajstić information content (AvgIpc) is 2.28. The Balaban J connectivity index is 2.35. The Labute approximate surface area is 94.8 Å². The van der Waals surface area contributed by atoms with Crippen molar-refractivity contribution in [2.75, 3.05) is 19.7 Å². The molecular formula is C13H27NO. The van der Waals surface area contributed by atoms with Crippen LogP contribution in [0.1, 0.15) is 58.8 Å². The summed E-state index contributed by atoms with van der Waals surface area (Å²) in [5, 5.41) is 3.53. The molecule has 0 aromatic heterocycles. The molecule has 1 fully saturated rings. The Morgan fingerprint density at radius 1 is 1.07 bits per heavy atom. The third kappa shape index (κ3) is 4.52. The van der Waals surface area contributed by atoms with Crippen LogP contribution in [-0.2, 0) is 4.74 Å². The van der Waals surface area contributed by atoms with Crippen LogP contribution in [0.2, 0.25) is 0 Å². The zero-order chi connectivity index (χ0) is 11.0. The number of ether oxygens (including phenoxy) is 1. The summed E-state index contributed by atoms with van der Waals surface area (Å²) in [5.41, 5.74) is 0.170. The third-order valence-corrected chi connectivity index (χ3v) is 3.25. The van der Waals surface area contributed by atoms with Crippen LogP contribution in [0.5, 0.6) is 0 Å². The van der Waals surface area contributed by atoms with Crippen LogP contribution in [0, 0.1) is 0 Å². The van der Waals surface area contributed by atoms with E-state index >= 15 is 0 Å². The molecule has 0 radical (unpaired) electrons. The van der Waals surface area contributed by atoms with Crippen molar-refractivity contribution in [1.82, 2.24) is 5.32 Å². The zero-order valence-corrected chi connectivity index (χ0v) is 10.5. The first kappa shape index (κ1) is 13.0. The molecule has 0 aromatic carbocycles. The van der Waals surface area contributed by atoms with E-state index in [0.29, 0.717) is 0 Å². The van der Waals surface area contributed by atoms with Crippen LogP contribution in [0.3, 0.4) is 0 Å². The lowest BCUT2D eigenvalue weighted by Crippen LogP contribution is -2.45.